The van der Waals surface area contributed by atoms with Crippen LogP contribution in [-0.2, 0) is 65.6 Å². The van der Waals surface area contributed by atoms with Gasteiger partial charge < -0.3 is 81.6 Å². The highest BCUT2D eigenvalue weighted by Gasteiger charge is 2.40. The van der Waals surface area contributed by atoms with Crippen LogP contribution in [0.2, 0.25) is 0 Å². The van der Waals surface area contributed by atoms with Gasteiger partial charge in [0.1, 0.15) is 48.0 Å². The van der Waals surface area contributed by atoms with Gasteiger partial charge in [0.2, 0.25) is 65.0 Å². The Balaban J connectivity index is 1.71. The third kappa shape index (κ3) is 20.3. The second-order valence-corrected chi connectivity index (χ2v) is 20.2. The first-order chi connectivity index (χ1) is 35.6. The molecule has 8 atom stereocenters. The molecular weight excluding hydrogens is 1020 g/mol. The van der Waals surface area contributed by atoms with E-state index in [0.29, 0.717) is 17.5 Å². The second kappa shape index (κ2) is 29.9. The number of carbonyl (C=O) groups excluding carboxylic acids is 11. The fourth-order valence-electron chi connectivity index (χ4n) is 7.80. The van der Waals surface area contributed by atoms with Crippen molar-refractivity contribution in [3.63, 3.8) is 0 Å². The normalized spacial score (nSPS) is 22.6. The summed E-state index contributed by atoms with van der Waals surface area (Å²) in [5.41, 5.74) is 34.4. The number of carbonyl (C=O) groups is 11. The predicted octanol–water partition coefficient (Wildman–Crippen LogP) is -5.40. The minimum Gasteiger partial charge on any atom is -0.508 e. The number of amides is 11. The van der Waals surface area contributed by atoms with Crippen molar-refractivity contribution in [1.29, 1.82) is 0 Å². The lowest BCUT2D eigenvalue weighted by molar-refractivity contribution is -0.142. The minimum atomic E-state index is -1.80. The highest BCUT2D eigenvalue weighted by atomic mass is 33.1. The van der Waals surface area contributed by atoms with E-state index >= 15 is 0 Å². The number of guanidine groups is 1. The van der Waals surface area contributed by atoms with Crippen LogP contribution < -0.4 is 71.6 Å². The third-order valence-corrected chi connectivity index (χ3v) is 14.1. The van der Waals surface area contributed by atoms with Crippen molar-refractivity contribution in [2.75, 3.05) is 31.1 Å². The van der Waals surface area contributed by atoms with E-state index in [4.69, 9.17) is 34.4 Å². The van der Waals surface area contributed by atoms with E-state index in [1.165, 1.54) is 29.2 Å². The summed E-state index contributed by atoms with van der Waals surface area (Å²) in [6.45, 7) is -0.443. The zero-order valence-electron chi connectivity index (χ0n) is 40.8. The van der Waals surface area contributed by atoms with Gasteiger partial charge in [-0.1, -0.05) is 64.1 Å². The van der Waals surface area contributed by atoms with E-state index in [9.17, 15) is 57.8 Å². The third-order valence-electron chi connectivity index (χ3n) is 11.6. The number of nitrogens with zero attached hydrogens (tertiary/aromatic N) is 2. The zero-order chi connectivity index (χ0) is 55.2. The Labute approximate surface area is 439 Å². The van der Waals surface area contributed by atoms with Crippen molar-refractivity contribution in [1.82, 2.24) is 42.1 Å². The smallest absolute Gasteiger partial charge is 0.246 e. The molecular formula is C46H65N15O12S2. The van der Waals surface area contributed by atoms with Gasteiger partial charge in [0.15, 0.2) is 5.96 Å². The Bertz CT molecular complexity index is 2420. The summed E-state index contributed by atoms with van der Waals surface area (Å²) in [6, 6.07) is 2.80. The van der Waals surface area contributed by atoms with Gasteiger partial charge in [-0.2, -0.15) is 0 Å². The lowest BCUT2D eigenvalue weighted by atomic mass is 10.0. The van der Waals surface area contributed by atoms with E-state index in [0.717, 1.165) is 21.6 Å². The first-order valence-electron chi connectivity index (χ1n) is 23.7. The van der Waals surface area contributed by atoms with Crippen molar-refractivity contribution in [3.8, 4) is 5.75 Å². The molecule has 11 amide bonds. The van der Waals surface area contributed by atoms with Crippen molar-refractivity contribution in [2.24, 2.45) is 39.4 Å². The summed E-state index contributed by atoms with van der Waals surface area (Å²) in [4.78, 5) is 153. The number of rotatable bonds is 19. The van der Waals surface area contributed by atoms with Gasteiger partial charge in [-0.3, -0.25) is 57.7 Å². The van der Waals surface area contributed by atoms with Gasteiger partial charge in [-0.05, 0) is 55.4 Å². The Morgan fingerprint density at radius 2 is 1.28 bits per heavy atom. The molecule has 2 aromatic carbocycles. The van der Waals surface area contributed by atoms with Gasteiger partial charge in [0.05, 0.1) is 19.0 Å². The Morgan fingerprint density at radius 1 is 0.707 bits per heavy atom. The van der Waals surface area contributed by atoms with Gasteiger partial charge in [-0.25, -0.2) is 0 Å². The number of likely N-dealkylation sites (tertiary alicyclic amines) is 1. The minimum absolute atomic E-state index is 0.00106. The maximum Gasteiger partial charge on any atom is 0.246 e. The molecule has 0 aromatic heterocycles. The Morgan fingerprint density at radius 3 is 1.89 bits per heavy atom. The van der Waals surface area contributed by atoms with E-state index in [1.54, 1.807) is 30.3 Å². The summed E-state index contributed by atoms with van der Waals surface area (Å²) in [6.07, 6.45) is -1.38. The summed E-state index contributed by atoms with van der Waals surface area (Å²) in [7, 11) is 1.99. The number of nitrogens with two attached hydrogens (primary N) is 6. The summed E-state index contributed by atoms with van der Waals surface area (Å²) < 4.78 is 0. The van der Waals surface area contributed by atoms with E-state index in [-0.39, 0.29) is 68.4 Å². The number of aromatic hydroxyl groups is 1. The maximum atomic E-state index is 14.6. The van der Waals surface area contributed by atoms with Crippen molar-refractivity contribution in [3.05, 3.63) is 65.7 Å². The highest BCUT2D eigenvalue weighted by molar-refractivity contribution is 8.76. The molecule has 0 unspecified atom stereocenters. The second-order valence-electron chi connectivity index (χ2n) is 17.6. The average Bonchev–Trinajstić information content (AvgIpc) is 3.86. The van der Waals surface area contributed by atoms with Crippen molar-refractivity contribution in [2.45, 2.75) is 106 Å². The molecule has 2 aromatic rings. The summed E-state index contributed by atoms with van der Waals surface area (Å²) >= 11 is 0. The number of phenols is 1. The molecule has 20 N–H and O–H groups in total. The first kappa shape index (κ1) is 59.9. The van der Waals surface area contributed by atoms with Crippen LogP contribution >= 0.6 is 21.6 Å². The van der Waals surface area contributed by atoms with Crippen LogP contribution in [-0.4, -0.2) is 160 Å². The standard InChI is InChI=1S/C46H65N15O12S2/c47-27-22-74-75-23-33(45(73)61-17-5-9-34(61)44(72)56-28(8-4-16-53-46(51)52)39(67)54-21-37(50)65)60-43(71)32(20-36(49)64)59-40(68)29(14-15-35(48)63)55-41(69)31(18-24-6-2-1-3-7-24)58-42(70)30(57-38(27)66)19-25-10-12-26(62)13-11-25/h1-3,6-7,10-13,27-34,62H,4-5,8-9,14-23,47H2,(H2,48,63)(H2,49,64)(H2,50,65)(H,54,67)(H,55,69)(H,56,72)(H,57,66)(H,58,70)(H,59,68)(H,60,71)(H4,51,52,53)/t27-,28-,29+,30+,31-,32+,33+,34-/m0/s1. The molecule has 0 bridgehead atoms. The number of nitrogens with one attached hydrogen (secondary N) is 7. The summed E-state index contributed by atoms with van der Waals surface area (Å²) in [5, 5.41) is 27.6. The lowest BCUT2D eigenvalue weighted by Gasteiger charge is -2.31. The van der Waals surface area contributed by atoms with E-state index in [1.807, 2.05) is 0 Å². The molecule has 27 nitrogen and oxygen atoms in total. The monoisotopic (exact) mass is 1080 g/mol. The number of benzene rings is 2. The SMILES string of the molecule is NC(=O)CC[C@H]1NC(=O)[C@H](Cc2ccccc2)NC(=O)[C@@H](Cc2ccc(O)cc2)NC(=O)[C@@H](N)CSSC[C@H](C(=O)N2CCC[C@H]2C(=O)N[C@@H](CCCN=C(N)N)C(=O)NCC(N)=O)NC(=O)[C@@H](CC(N)=O)NC1=O. The molecule has 2 heterocycles. The molecule has 0 saturated carbocycles. The van der Waals surface area contributed by atoms with Gasteiger partial charge in [0, 0.05) is 43.9 Å². The first-order valence-corrected chi connectivity index (χ1v) is 26.2. The molecule has 0 radical (unpaired) electrons. The fraction of sp³-hybridized carbons (Fsp3) is 0.478. The topological polar surface area (TPSA) is 464 Å². The van der Waals surface area contributed by atoms with Crippen LogP contribution in [0.25, 0.3) is 0 Å². The maximum absolute atomic E-state index is 14.6. The van der Waals surface area contributed by atoms with Crippen LogP contribution in [0.3, 0.4) is 0 Å². The number of phenolic OH excluding ortho intramolecular Hbond substituents is 1. The number of hydrogen-bond donors (Lipinski definition) is 14. The van der Waals surface area contributed by atoms with E-state index < -0.39 is 139 Å². The number of aliphatic imine (C=N–C) groups is 1. The molecule has 75 heavy (non-hydrogen) atoms. The molecule has 408 valence electrons. The largest absolute Gasteiger partial charge is 0.508 e. The molecule has 2 aliphatic rings. The fourth-order valence-corrected chi connectivity index (χ4v) is 10.1. The molecule has 2 fully saturated rings. The molecule has 0 aliphatic carbocycles. The van der Waals surface area contributed by atoms with Crippen molar-refractivity contribution < 1.29 is 57.8 Å². The van der Waals surface area contributed by atoms with Gasteiger partial charge >= 0.3 is 0 Å². The zero-order valence-corrected chi connectivity index (χ0v) is 42.5. The lowest BCUT2D eigenvalue weighted by Crippen LogP contribution is -2.61. The van der Waals surface area contributed by atoms with Gasteiger partial charge in [-0.15, -0.1) is 0 Å². The predicted molar refractivity (Wildman–Crippen MR) is 276 cm³/mol. The van der Waals surface area contributed by atoms with Crippen LogP contribution in [0, 0.1) is 0 Å². The Kier molecular flexibility index (Phi) is 23.9. The molecule has 4 rings (SSSR count). The summed E-state index contributed by atoms with van der Waals surface area (Å²) in [5.74, 6) is -10.5. The molecule has 29 heteroatoms. The van der Waals surface area contributed by atoms with Crippen LogP contribution in [0.15, 0.2) is 59.6 Å². The van der Waals surface area contributed by atoms with Crippen molar-refractivity contribution >= 4 is 92.5 Å². The van der Waals surface area contributed by atoms with Crippen LogP contribution in [0.4, 0.5) is 0 Å². The quantitative estimate of drug-likeness (QED) is 0.0270. The van der Waals surface area contributed by atoms with Crippen LogP contribution in [0.1, 0.15) is 56.1 Å². The Hall–Kier alpha value is -7.66. The number of primary amides is 3. The van der Waals surface area contributed by atoms with Crippen LogP contribution in [0.5, 0.6) is 5.75 Å². The molecule has 2 aliphatic heterocycles. The molecule has 0 spiro atoms. The average molecular weight is 1080 g/mol. The number of hydrogen-bond acceptors (Lipinski definition) is 16. The molecule has 2 saturated heterocycles. The highest BCUT2D eigenvalue weighted by Crippen LogP contribution is 2.26. The van der Waals surface area contributed by atoms with E-state index in [2.05, 4.69) is 42.2 Å². The van der Waals surface area contributed by atoms with Gasteiger partial charge in [0.25, 0.3) is 0 Å².